The van der Waals surface area contributed by atoms with E-state index in [9.17, 15) is 4.79 Å². The van der Waals surface area contributed by atoms with Gasteiger partial charge in [0.25, 0.3) is 0 Å². The molecule has 0 aliphatic carbocycles. The van der Waals surface area contributed by atoms with Crippen molar-refractivity contribution in [2.45, 2.75) is 18.2 Å². The number of benzene rings is 1. The number of carbonyl (C=O) groups is 1. The number of nitrogens with zero attached hydrogens (tertiary/aromatic N) is 1. The minimum Gasteiger partial charge on any atom is -0.355 e. The Morgan fingerprint density at radius 3 is 3.00 bits per heavy atom. The van der Waals surface area contributed by atoms with Gasteiger partial charge in [0.15, 0.2) is 0 Å². The lowest BCUT2D eigenvalue weighted by molar-refractivity contribution is -0.118. The highest BCUT2D eigenvalue weighted by molar-refractivity contribution is 8.00. The first-order chi connectivity index (χ1) is 9.25. The van der Waals surface area contributed by atoms with Gasteiger partial charge in [-0.3, -0.25) is 4.79 Å². The number of rotatable bonds is 6. The van der Waals surface area contributed by atoms with Crippen LogP contribution in [0, 0.1) is 6.92 Å². The maximum atomic E-state index is 11.7. The van der Waals surface area contributed by atoms with Gasteiger partial charge in [-0.15, -0.1) is 11.8 Å². The van der Waals surface area contributed by atoms with E-state index in [0.29, 0.717) is 12.3 Å². The monoisotopic (exact) mass is 275 g/mol. The molecule has 4 nitrogen and oxygen atoms in total. The second-order valence-electron chi connectivity index (χ2n) is 4.19. The number of nitrogens with one attached hydrogen (secondary N) is 2. The highest BCUT2D eigenvalue weighted by atomic mass is 32.2. The zero-order valence-corrected chi connectivity index (χ0v) is 11.7. The zero-order chi connectivity index (χ0) is 13.5. The van der Waals surface area contributed by atoms with Crippen LogP contribution in [0.15, 0.2) is 41.6 Å². The van der Waals surface area contributed by atoms with Crippen LogP contribution in [0.2, 0.25) is 0 Å². The predicted molar refractivity (Wildman–Crippen MR) is 77.2 cm³/mol. The molecule has 0 aliphatic rings. The molecule has 0 spiro atoms. The maximum Gasteiger partial charge on any atom is 0.230 e. The second kappa shape index (κ2) is 6.99. The molecule has 1 aromatic carbocycles. The Morgan fingerprint density at radius 2 is 2.26 bits per heavy atom. The van der Waals surface area contributed by atoms with Crippen LogP contribution in [-0.2, 0) is 11.2 Å². The third kappa shape index (κ3) is 4.44. The number of hydrogen-bond donors (Lipinski definition) is 2. The van der Waals surface area contributed by atoms with Gasteiger partial charge in [-0.25, -0.2) is 4.98 Å². The van der Waals surface area contributed by atoms with Gasteiger partial charge in [-0.1, -0.05) is 18.2 Å². The zero-order valence-electron chi connectivity index (χ0n) is 10.8. The van der Waals surface area contributed by atoms with Gasteiger partial charge in [0, 0.05) is 30.3 Å². The molecule has 2 N–H and O–H groups in total. The summed E-state index contributed by atoms with van der Waals surface area (Å²) in [5.74, 6) is 1.40. The fourth-order valence-corrected chi connectivity index (χ4v) is 2.53. The Balaban J connectivity index is 1.69. The van der Waals surface area contributed by atoms with Crippen LogP contribution >= 0.6 is 11.8 Å². The number of aryl methyl sites for hydroxylation is 1. The van der Waals surface area contributed by atoms with Crippen LogP contribution in [0.25, 0.3) is 0 Å². The molecule has 0 bridgehead atoms. The van der Waals surface area contributed by atoms with E-state index in [1.165, 1.54) is 5.56 Å². The summed E-state index contributed by atoms with van der Waals surface area (Å²) in [6, 6.07) is 8.08. The van der Waals surface area contributed by atoms with Gasteiger partial charge in [0.2, 0.25) is 5.91 Å². The molecule has 100 valence electrons. The molecule has 0 radical (unpaired) electrons. The molecule has 0 aliphatic heterocycles. The van der Waals surface area contributed by atoms with Crippen molar-refractivity contribution in [3.05, 3.63) is 48.0 Å². The molecular formula is C14H17N3OS. The van der Waals surface area contributed by atoms with Crippen LogP contribution in [0.5, 0.6) is 0 Å². The first-order valence-corrected chi connectivity index (χ1v) is 7.17. The Kier molecular flexibility index (Phi) is 5.03. The van der Waals surface area contributed by atoms with E-state index in [2.05, 4.69) is 28.3 Å². The molecule has 19 heavy (non-hydrogen) atoms. The van der Waals surface area contributed by atoms with E-state index in [0.717, 1.165) is 17.1 Å². The standard InChI is InChI=1S/C14H17N3OS/c1-11-4-2-3-5-12(11)19-10-14(18)17-7-6-13-15-8-9-16-13/h2-5,8-9H,6-7,10H2,1H3,(H,15,16)(H,17,18). The maximum absolute atomic E-state index is 11.7. The molecule has 0 atom stereocenters. The molecule has 0 fully saturated rings. The SMILES string of the molecule is Cc1ccccc1SCC(=O)NCCc1ncc[nH]1. The van der Waals surface area contributed by atoms with Gasteiger partial charge in [-0.05, 0) is 18.6 Å². The first-order valence-electron chi connectivity index (χ1n) is 6.19. The van der Waals surface area contributed by atoms with Gasteiger partial charge < -0.3 is 10.3 Å². The lowest BCUT2D eigenvalue weighted by Crippen LogP contribution is -2.27. The Bertz CT molecular complexity index is 525. The first kappa shape index (κ1) is 13.7. The topological polar surface area (TPSA) is 57.8 Å². The van der Waals surface area contributed by atoms with Gasteiger partial charge >= 0.3 is 0 Å². The molecule has 1 heterocycles. The summed E-state index contributed by atoms with van der Waals surface area (Å²) < 4.78 is 0. The van der Waals surface area contributed by atoms with E-state index in [4.69, 9.17) is 0 Å². The Morgan fingerprint density at radius 1 is 1.42 bits per heavy atom. The third-order valence-corrected chi connectivity index (χ3v) is 3.87. The molecule has 0 saturated carbocycles. The highest BCUT2D eigenvalue weighted by Gasteiger charge is 2.04. The van der Waals surface area contributed by atoms with Crippen molar-refractivity contribution in [2.24, 2.45) is 0 Å². The average molecular weight is 275 g/mol. The molecule has 2 aromatic rings. The van der Waals surface area contributed by atoms with Gasteiger partial charge in [0.1, 0.15) is 5.82 Å². The normalized spacial score (nSPS) is 10.4. The minimum atomic E-state index is 0.0554. The van der Waals surface area contributed by atoms with E-state index in [-0.39, 0.29) is 5.91 Å². The van der Waals surface area contributed by atoms with Crippen LogP contribution in [0.1, 0.15) is 11.4 Å². The van der Waals surface area contributed by atoms with Crippen molar-refractivity contribution >= 4 is 17.7 Å². The number of thioether (sulfide) groups is 1. The fraction of sp³-hybridized carbons (Fsp3) is 0.286. The second-order valence-corrected chi connectivity index (χ2v) is 5.21. The number of carbonyl (C=O) groups excluding carboxylic acids is 1. The molecule has 5 heteroatoms. The van der Waals surface area contributed by atoms with Crippen LogP contribution in [-0.4, -0.2) is 28.2 Å². The highest BCUT2D eigenvalue weighted by Crippen LogP contribution is 2.21. The number of imidazole rings is 1. The lowest BCUT2D eigenvalue weighted by Gasteiger charge is -2.06. The fourth-order valence-electron chi connectivity index (χ4n) is 1.67. The lowest BCUT2D eigenvalue weighted by atomic mass is 10.2. The van der Waals surface area contributed by atoms with Crippen LogP contribution in [0.3, 0.4) is 0 Å². The summed E-state index contributed by atoms with van der Waals surface area (Å²) in [6.07, 6.45) is 4.23. The van der Waals surface area contributed by atoms with Crippen molar-refractivity contribution in [3.8, 4) is 0 Å². The van der Waals surface area contributed by atoms with Crippen LogP contribution < -0.4 is 5.32 Å². The molecule has 1 aromatic heterocycles. The van der Waals surface area contributed by atoms with Crippen LogP contribution in [0.4, 0.5) is 0 Å². The van der Waals surface area contributed by atoms with E-state index >= 15 is 0 Å². The Hall–Kier alpha value is -1.75. The third-order valence-electron chi connectivity index (χ3n) is 2.69. The van der Waals surface area contributed by atoms with Crippen molar-refractivity contribution < 1.29 is 4.79 Å². The average Bonchev–Trinajstić information content (AvgIpc) is 2.91. The smallest absolute Gasteiger partial charge is 0.230 e. The summed E-state index contributed by atoms with van der Waals surface area (Å²) >= 11 is 1.57. The summed E-state index contributed by atoms with van der Waals surface area (Å²) in [5, 5.41) is 2.89. The molecule has 1 amide bonds. The summed E-state index contributed by atoms with van der Waals surface area (Å²) in [7, 11) is 0. The number of aromatic amines is 1. The number of aromatic nitrogens is 2. The number of H-pyrrole nitrogens is 1. The van der Waals surface area contributed by atoms with Crippen molar-refractivity contribution in [1.29, 1.82) is 0 Å². The molecule has 0 unspecified atom stereocenters. The predicted octanol–water partition coefficient (Wildman–Crippen LogP) is 2.17. The number of amides is 1. The molecule has 2 rings (SSSR count). The summed E-state index contributed by atoms with van der Waals surface area (Å²) in [4.78, 5) is 20.0. The van der Waals surface area contributed by atoms with Crippen molar-refractivity contribution in [3.63, 3.8) is 0 Å². The van der Waals surface area contributed by atoms with Crippen molar-refractivity contribution in [1.82, 2.24) is 15.3 Å². The largest absolute Gasteiger partial charge is 0.355 e. The molecular weight excluding hydrogens is 258 g/mol. The quantitative estimate of drug-likeness (QED) is 0.794. The minimum absolute atomic E-state index is 0.0554. The molecule has 0 saturated heterocycles. The van der Waals surface area contributed by atoms with E-state index in [1.807, 2.05) is 18.2 Å². The van der Waals surface area contributed by atoms with Gasteiger partial charge in [0.05, 0.1) is 5.75 Å². The van der Waals surface area contributed by atoms with Crippen molar-refractivity contribution in [2.75, 3.05) is 12.3 Å². The van der Waals surface area contributed by atoms with Gasteiger partial charge in [-0.2, -0.15) is 0 Å². The number of hydrogen-bond acceptors (Lipinski definition) is 3. The summed E-state index contributed by atoms with van der Waals surface area (Å²) in [5.41, 5.74) is 1.20. The van der Waals surface area contributed by atoms with E-state index < -0.39 is 0 Å². The van der Waals surface area contributed by atoms with E-state index in [1.54, 1.807) is 24.2 Å². The Labute approximate surface area is 117 Å². The summed E-state index contributed by atoms with van der Waals surface area (Å²) in [6.45, 7) is 2.66.